The monoisotopic (exact) mass is 445 g/mol. The van der Waals surface area contributed by atoms with Crippen LogP contribution >= 0.6 is 39.9 Å². The molecule has 0 fully saturated rings. The molecule has 3 N–H and O–H groups in total. The lowest BCUT2D eigenvalue weighted by Crippen LogP contribution is -2.22. The van der Waals surface area contributed by atoms with Crippen LogP contribution < -0.4 is 11.1 Å². The van der Waals surface area contributed by atoms with E-state index in [1.807, 2.05) is 55.5 Å². The average Bonchev–Trinajstić information content (AvgIpc) is 2.36. The lowest BCUT2D eigenvalue weighted by molar-refractivity contribution is 1.06. The van der Waals surface area contributed by atoms with Crippen molar-refractivity contribution in [2.24, 2.45) is 10.7 Å². The van der Waals surface area contributed by atoms with Crippen molar-refractivity contribution in [3.05, 3.63) is 64.1 Å². The van der Waals surface area contributed by atoms with Crippen LogP contribution in [0.5, 0.6) is 0 Å². The summed E-state index contributed by atoms with van der Waals surface area (Å²) >= 11 is 3.44. The maximum absolute atomic E-state index is 5.87. The van der Waals surface area contributed by atoms with E-state index in [4.69, 9.17) is 5.73 Å². The summed E-state index contributed by atoms with van der Waals surface area (Å²) in [6, 6.07) is 16.0. The van der Waals surface area contributed by atoms with Gasteiger partial charge in [-0.1, -0.05) is 40.2 Å². The number of guanidine groups is 1. The normalized spacial score (nSPS) is 10.8. The van der Waals surface area contributed by atoms with Gasteiger partial charge in [0, 0.05) is 10.2 Å². The number of aryl methyl sites for hydroxylation is 1. The van der Waals surface area contributed by atoms with Gasteiger partial charge < -0.3 is 11.1 Å². The van der Waals surface area contributed by atoms with Gasteiger partial charge in [-0.2, -0.15) is 0 Å². The van der Waals surface area contributed by atoms with Gasteiger partial charge in [0.1, 0.15) is 0 Å². The van der Waals surface area contributed by atoms with Gasteiger partial charge in [0.2, 0.25) is 0 Å². The number of halogens is 2. The number of hydrogen-bond donors (Lipinski definition) is 2. The highest BCUT2D eigenvalue weighted by Crippen LogP contribution is 2.12. The summed E-state index contributed by atoms with van der Waals surface area (Å²) in [5.74, 6) is 0.422. The standard InChI is InChI=1S/C15H16BrN3.HI/c1-11-4-2-7-14(8-11)19-15(17)18-10-12-5-3-6-13(16)9-12;/h2-9H,10H2,1H3,(H3,17,18,19);1H. The minimum atomic E-state index is 0. The molecule has 0 atom stereocenters. The molecule has 0 amide bonds. The van der Waals surface area contributed by atoms with Gasteiger partial charge in [-0.3, -0.25) is 0 Å². The molecule has 0 aromatic heterocycles. The van der Waals surface area contributed by atoms with Gasteiger partial charge in [0.25, 0.3) is 0 Å². The molecule has 0 heterocycles. The van der Waals surface area contributed by atoms with Crippen LogP contribution in [-0.4, -0.2) is 5.96 Å². The molecule has 20 heavy (non-hydrogen) atoms. The molecule has 0 spiro atoms. The smallest absolute Gasteiger partial charge is 0.193 e. The number of hydrogen-bond acceptors (Lipinski definition) is 1. The minimum absolute atomic E-state index is 0. The largest absolute Gasteiger partial charge is 0.370 e. The van der Waals surface area contributed by atoms with E-state index >= 15 is 0 Å². The van der Waals surface area contributed by atoms with E-state index < -0.39 is 0 Å². The van der Waals surface area contributed by atoms with E-state index in [-0.39, 0.29) is 24.0 Å². The Morgan fingerprint density at radius 2 is 1.95 bits per heavy atom. The quantitative estimate of drug-likeness (QED) is 0.420. The van der Waals surface area contributed by atoms with Crippen molar-refractivity contribution < 1.29 is 0 Å². The Morgan fingerprint density at radius 1 is 1.20 bits per heavy atom. The highest BCUT2D eigenvalue weighted by atomic mass is 127. The van der Waals surface area contributed by atoms with E-state index in [0.29, 0.717) is 12.5 Å². The third kappa shape index (κ3) is 5.50. The van der Waals surface area contributed by atoms with Gasteiger partial charge in [-0.25, -0.2) is 4.99 Å². The maximum atomic E-state index is 5.87. The first-order chi connectivity index (χ1) is 9.13. The molecule has 0 unspecified atom stereocenters. The summed E-state index contributed by atoms with van der Waals surface area (Å²) < 4.78 is 1.05. The fraction of sp³-hybridized carbons (Fsp3) is 0.133. The Kier molecular flexibility index (Phi) is 7.01. The lowest BCUT2D eigenvalue weighted by Gasteiger charge is -2.06. The molecule has 0 saturated carbocycles. The molecular weight excluding hydrogens is 429 g/mol. The van der Waals surface area contributed by atoms with E-state index in [1.54, 1.807) is 0 Å². The number of anilines is 1. The van der Waals surface area contributed by atoms with Crippen LogP contribution in [0, 0.1) is 6.92 Å². The van der Waals surface area contributed by atoms with Crippen molar-refractivity contribution in [3.8, 4) is 0 Å². The maximum Gasteiger partial charge on any atom is 0.193 e. The zero-order valence-corrected chi connectivity index (χ0v) is 15.1. The Labute approximate surface area is 144 Å². The lowest BCUT2D eigenvalue weighted by atomic mass is 10.2. The molecule has 0 bridgehead atoms. The van der Waals surface area contributed by atoms with Crippen molar-refractivity contribution in [2.45, 2.75) is 13.5 Å². The average molecular weight is 446 g/mol. The van der Waals surface area contributed by atoms with Gasteiger partial charge >= 0.3 is 0 Å². The molecule has 3 nitrogen and oxygen atoms in total. The molecule has 2 aromatic rings. The van der Waals surface area contributed by atoms with E-state index in [0.717, 1.165) is 15.7 Å². The van der Waals surface area contributed by atoms with E-state index in [9.17, 15) is 0 Å². The highest BCUT2D eigenvalue weighted by Gasteiger charge is 1.96. The Hall–Kier alpha value is -1.08. The molecule has 0 radical (unpaired) electrons. The van der Waals surface area contributed by atoms with Crippen LogP contribution in [0.3, 0.4) is 0 Å². The fourth-order valence-electron chi connectivity index (χ4n) is 1.72. The number of rotatable bonds is 3. The van der Waals surface area contributed by atoms with Gasteiger partial charge in [-0.15, -0.1) is 24.0 Å². The second-order valence-corrected chi connectivity index (χ2v) is 5.24. The molecule has 0 saturated heterocycles. The molecule has 0 aliphatic heterocycles. The predicted molar refractivity (Wildman–Crippen MR) is 99.7 cm³/mol. The fourth-order valence-corrected chi connectivity index (χ4v) is 2.17. The molecule has 2 rings (SSSR count). The molecule has 0 aliphatic carbocycles. The van der Waals surface area contributed by atoms with Gasteiger partial charge in [0.15, 0.2) is 5.96 Å². The van der Waals surface area contributed by atoms with Crippen molar-refractivity contribution in [1.29, 1.82) is 0 Å². The zero-order chi connectivity index (χ0) is 13.7. The number of benzene rings is 2. The summed E-state index contributed by atoms with van der Waals surface area (Å²) in [4.78, 5) is 4.32. The molecule has 2 aromatic carbocycles. The van der Waals surface area contributed by atoms with Crippen molar-refractivity contribution in [2.75, 3.05) is 5.32 Å². The van der Waals surface area contributed by atoms with Crippen LogP contribution in [0.1, 0.15) is 11.1 Å². The molecule has 0 aliphatic rings. The van der Waals surface area contributed by atoms with Crippen molar-refractivity contribution >= 4 is 51.6 Å². The van der Waals surface area contributed by atoms with Crippen LogP contribution in [0.2, 0.25) is 0 Å². The van der Waals surface area contributed by atoms with Crippen LogP contribution in [-0.2, 0) is 6.54 Å². The van der Waals surface area contributed by atoms with Crippen molar-refractivity contribution in [1.82, 2.24) is 0 Å². The second-order valence-electron chi connectivity index (χ2n) is 4.33. The predicted octanol–water partition coefficient (Wildman–Crippen LogP) is 4.30. The molecular formula is C15H17BrIN3. The third-order valence-corrected chi connectivity index (χ3v) is 3.10. The Morgan fingerprint density at radius 3 is 2.65 bits per heavy atom. The summed E-state index contributed by atoms with van der Waals surface area (Å²) in [5, 5.41) is 3.08. The topological polar surface area (TPSA) is 50.4 Å². The third-order valence-electron chi connectivity index (χ3n) is 2.61. The summed E-state index contributed by atoms with van der Waals surface area (Å²) in [6.45, 7) is 2.60. The van der Waals surface area contributed by atoms with Crippen LogP contribution in [0.4, 0.5) is 5.69 Å². The van der Waals surface area contributed by atoms with E-state index in [1.165, 1.54) is 5.56 Å². The van der Waals surface area contributed by atoms with Gasteiger partial charge in [-0.05, 0) is 42.3 Å². The van der Waals surface area contributed by atoms with Crippen LogP contribution in [0.25, 0.3) is 0 Å². The minimum Gasteiger partial charge on any atom is -0.370 e. The second kappa shape index (κ2) is 8.26. The highest BCUT2D eigenvalue weighted by molar-refractivity contribution is 14.0. The number of aliphatic imine (C=N–C) groups is 1. The molecule has 5 heteroatoms. The van der Waals surface area contributed by atoms with Crippen molar-refractivity contribution in [3.63, 3.8) is 0 Å². The number of nitrogens with zero attached hydrogens (tertiary/aromatic N) is 1. The van der Waals surface area contributed by atoms with Gasteiger partial charge in [0.05, 0.1) is 6.54 Å². The first kappa shape index (κ1) is 17.0. The number of nitrogens with two attached hydrogens (primary N) is 1. The first-order valence-electron chi connectivity index (χ1n) is 6.01. The summed E-state index contributed by atoms with van der Waals surface area (Å²) in [6.07, 6.45) is 0. The Balaban J connectivity index is 0.00000200. The summed E-state index contributed by atoms with van der Waals surface area (Å²) in [5.41, 5.74) is 9.12. The van der Waals surface area contributed by atoms with E-state index in [2.05, 4.69) is 26.2 Å². The summed E-state index contributed by atoms with van der Waals surface area (Å²) in [7, 11) is 0. The molecule has 106 valence electrons. The SMILES string of the molecule is Cc1cccc(NC(N)=NCc2cccc(Br)c2)c1.I. The van der Waals surface area contributed by atoms with Crippen LogP contribution in [0.15, 0.2) is 58.0 Å². The Bertz CT molecular complexity index is 599. The number of nitrogens with one attached hydrogen (secondary N) is 1. The zero-order valence-electron chi connectivity index (χ0n) is 11.1. The first-order valence-corrected chi connectivity index (χ1v) is 6.81.